The van der Waals surface area contributed by atoms with Gasteiger partial charge in [-0.25, -0.2) is 9.97 Å². The largest absolute Gasteiger partial charge is 0.345 e. The highest BCUT2D eigenvalue weighted by molar-refractivity contribution is 5.97. The SMILES string of the molecule is CCC(=O)CCN1CCc2c(C)cc(-c3cnc4[nH]cc(-c5ccc(C(=O)N(C)C)c(C)c5)c4n3)cc2C1. The highest BCUT2D eigenvalue weighted by Gasteiger charge is 2.20. The molecule has 0 radical (unpaired) electrons. The fraction of sp³-hybridized carbons (Fsp3) is 0.355. The molecule has 0 unspecified atom stereocenters. The van der Waals surface area contributed by atoms with Gasteiger partial charge in [0.25, 0.3) is 5.91 Å². The number of carbonyl (C=O) groups is 2. The first-order valence-electron chi connectivity index (χ1n) is 13.3. The Bertz CT molecular complexity index is 1540. The summed E-state index contributed by atoms with van der Waals surface area (Å²) in [4.78, 5) is 41.3. The maximum absolute atomic E-state index is 12.5. The average Bonchev–Trinajstić information content (AvgIpc) is 3.34. The van der Waals surface area contributed by atoms with Crippen LogP contribution < -0.4 is 0 Å². The van der Waals surface area contributed by atoms with Crippen LogP contribution in [0, 0.1) is 13.8 Å². The molecule has 1 N–H and O–H groups in total. The Morgan fingerprint density at radius 2 is 1.87 bits per heavy atom. The van der Waals surface area contributed by atoms with Crippen LogP contribution in [0.4, 0.5) is 0 Å². The number of hydrogen-bond acceptors (Lipinski definition) is 5. The fourth-order valence-electron chi connectivity index (χ4n) is 5.34. The van der Waals surface area contributed by atoms with Crippen molar-refractivity contribution in [1.82, 2.24) is 24.8 Å². The van der Waals surface area contributed by atoms with E-state index in [1.807, 2.05) is 44.4 Å². The summed E-state index contributed by atoms with van der Waals surface area (Å²) < 4.78 is 0. The van der Waals surface area contributed by atoms with Crippen LogP contribution in [0.25, 0.3) is 33.5 Å². The Morgan fingerprint density at radius 1 is 1.08 bits per heavy atom. The van der Waals surface area contributed by atoms with Crippen molar-refractivity contribution in [2.75, 3.05) is 27.2 Å². The molecule has 1 aliphatic heterocycles. The van der Waals surface area contributed by atoms with E-state index in [0.29, 0.717) is 24.2 Å². The molecule has 1 aliphatic rings. The van der Waals surface area contributed by atoms with Crippen molar-refractivity contribution in [3.05, 3.63) is 70.5 Å². The molecule has 2 aromatic heterocycles. The first-order valence-corrected chi connectivity index (χ1v) is 13.3. The third-order valence-electron chi connectivity index (χ3n) is 7.59. The van der Waals surface area contributed by atoms with E-state index in [1.54, 1.807) is 19.0 Å². The molecule has 3 heterocycles. The lowest BCUT2D eigenvalue weighted by atomic mass is 9.92. The lowest BCUT2D eigenvalue weighted by Crippen LogP contribution is -2.32. The zero-order valence-corrected chi connectivity index (χ0v) is 22.9. The Balaban J connectivity index is 1.47. The Kier molecular flexibility index (Phi) is 7.13. The Labute approximate surface area is 223 Å². The number of nitrogens with one attached hydrogen (secondary N) is 1. The number of aryl methyl sites for hydroxylation is 2. The number of Topliss-reactive ketones (excluding diaryl/α,β-unsaturated/α-hetero) is 1. The molecule has 0 fully saturated rings. The van der Waals surface area contributed by atoms with Crippen molar-refractivity contribution in [3.8, 4) is 22.4 Å². The minimum atomic E-state index is -0.00615. The summed E-state index contributed by atoms with van der Waals surface area (Å²) in [6, 6.07) is 10.3. The molecule has 196 valence electrons. The summed E-state index contributed by atoms with van der Waals surface area (Å²) >= 11 is 0. The van der Waals surface area contributed by atoms with Crippen LogP contribution >= 0.6 is 0 Å². The second-order valence-corrected chi connectivity index (χ2v) is 10.5. The predicted molar refractivity (Wildman–Crippen MR) is 151 cm³/mol. The monoisotopic (exact) mass is 509 g/mol. The summed E-state index contributed by atoms with van der Waals surface area (Å²) in [5.74, 6) is 0.314. The number of aromatic amines is 1. The van der Waals surface area contributed by atoms with E-state index in [4.69, 9.17) is 4.98 Å². The van der Waals surface area contributed by atoms with E-state index in [1.165, 1.54) is 16.7 Å². The molecule has 0 aliphatic carbocycles. The van der Waals surface area contributed by atoms with Gasteiger partial charge in [0.2, 0.25) is 0 Å². The number of rotatable bonds is 7. The third kappa shape index (κ3) is 4.98. The molecule has 7 heteroatoms. The van der Waals surface area contributed by atoms with Gasteiger partial charge in [-0.15, -0.1) is 0 Å². The molecule has 0 spiro atoms. The van der Waals surface area contributed by atoms with Gasteiger partial charge < -0.3 is 9.88 Å². The van der Waals surface area contributed by atoms with Crippen LogP contribution in [0.15, 0.2) is 42.7 Å². The lowest BCUT2D eigenvalue weighted by Gasteiger charge is -2.30. The van der Waals surface area contributed by atoms with Crippen molar-refractivity contribution in [2.24, 2.45) is 0 Å². The van der Waals surface area contributed by atoms with Crippen LogP contribution in [0.3, 0.4) is 0 Å². The number of fused-ring (bicyclic) bond motifs is 2. The molecule has 38 heavy (non-hydrogen) atoms. The number of H-pyrrole nitrogens is 1. The van der Waals surface area contributed by atoms with Crippen LogP contribution in [-0.2, 0) is 17.8 Å². The Morgan fingerprint density at radius 3 is 2.61 bits per heavy atom. The number of aromatic nitrogens is 3. The topological polar surface area (TPSA) is 82.2 Å². The summed E-state index contributed by atoms with van der Waals surface area (Å²) in [7, 11) is 3.53. The first kappa shape index (κ1) is 25.8. The fourth-order valence-corrected chi connectivity index (χ4v) is 5.34. The smallest absolute Gasteiger partial charge is 0.253 e. The molecule has 0 saturated heterocycles. The van der Waals surface area contributed by atoms with Crippen LogP contribution in [-0.4, -0.2) is 63.6 Å². The van der Waals surface area contributed by atoms with Gasteiger partial charge >= 0.3 is 0 Å². The minimum absolute atomic E-state index is 0.00615. The van der Waals surface area contributed by atoms with E-state index in [2.05, 4.69) is 33.9 Å². The summed E-state index contributed by atoms with van der Waals surface area (Å²) in [6.07, 6.45) is 5.99. The first-order chi connectivity index (χ1) is 18.2. The van der Waals surface area contributed by atoms with E-state index in [9.17, 15) is 9.59 Å². The zero-order chi connectivity index (χ0) is 27.0. The van der Waals surface area contributed by atoms with Gasteiger partial charge in [0.1, 0.15) is 11.3 Å². The van der Waals surface area contributed by atoms with Gasteiger partial charge in [0.15, 0.2) is 5.65 Å². The highest BCUT2D eigenvalue weighted by Crippen LogP contribution is 2.32. The van der Waals surface area contributed by atoms with E-state index < -0.39 is 0 Å². The van der Waals surface area contributed by atoms with Gasteiger partial charge in [-0.05, 0) is 66.3 Å². The van der Waals surface area contributed by atoms with Crippen LogP contribution in [0.1, 0.15) is 52.4 Å². The van der Waals surface area contributed by atoms with Crippen molar-refractivity contribution in [1.29, 1.82) is 0 Å². The molecule has 7 nitrogen and oxygen atoms in total. The van der Waals surface area contributed by atoms with Crippen molar-refractivity contribution >= 4 is 22.9 Å². The molecule has 4 aromatic rings. The molecule has 5 rings (SSSR count). The van der Waals surface area contributed by atoms with Gasteiger partial charge in [0, 0.05) is 69.5 Å². The number of nitrogens with zero attached hydrogens (tertiary/aromatic N) is 4. The molecule has 1 amide bonds. The molecular weight excluding hydrogens is 474 g/mol. The zero-order valence-electron chi connectivity index (χ0n) is 22.9. The van der Waals surface area contributed by atoms with Crippen molar-refractivity contribution < 1.29 is 9.59 Å². The summed E-state index contributed by atoms with van der Waals surface area (Å²) in [5.41, 5.74) is 11.0. The van der Waals surface area contributed by atoms with E-state index in [0.717, 1.165) is 65.2 Å². The maximum Gasteiger partial charge on any atom is 0.253 e. The van der Waals surface area contributed by atoms with Crippen molar-refractivity contribution in [2.45, 2.75) is 46.6 Å². The van der Waals surface area contributed by atoms with E-state index in [-0.39, 0.29) is 5.91 Å². The Hall–Kier alpha value is -3.84. The second kappa shape index (κ2) is 10.5. The lowest BCUT2D eigenvalue weighted by molar-refractivity contribution is -0.119. The van der Waals surface area contributed by atoms with E-state index >= 15 is 0 Å². The van der Waals surface area contributed by atoms with Gasteiger partial charge in [-0.2, -0.15) is 0 Å². The summed E-state index contributed by atoms with van der Waals surface area (Å²) in [5, 5.41) is 0. The van der Waals surface area contributed by atoms with Crippen LogP contribution in [0.2, 0.25) is 0 Å². The second-order valence-electron chi connectivity index (χ2n) is 10.5. The van der Waals surface area contributed by atoms with Gasteiger partial charge in [-0.3, -0.25) is 14.5 Å². The number of ketones is 1. The molecule has 0 atom stereocenters. The number of benzene rings is 2. The quantitative estimate of drug-likeness (QED) is 0.364. The molecule has 0 saturated carbocycles. The van der Waals surface area contributed by atoms with Crippen LogP contribution in [0.5, 0.6) is 0 Å². The predicted octanol–water partition coefficient (Wildman–Crippen LogP) is 5.34. The maximum atomic E-state index is 12.5. The average molecular weight is 510 g/mol. The van der Waals surface area contributed by atoms with Gasteiger partial charge in [0.05, 0.1) is 11.9 Å². The number of hydrogen-bond donors (Lipinski definition) is 1. The molecule has 0 bridgehead atoms. The number of carbonyl (C=O) groups excluding carboxylic acids is 2. The summed E-state index contributed by atoms with van der Waals surface area (Å²) in [6.45, 7) is 8.71. The standard InChI is InChI=1S/C31H35N5O2/c1-6-24(37)9-11-36-12-10-25-19(2)14-22(15-23(25)18-36)28-17-33-30-29(34-28)27(16-32-30)21-7-8-26(20(3)13-21)31(38)35(4)5/h7-8,13-17H,6,9-12,18H2,1-5H3,(H,32,33). The molecular formula is C31H35N5O2. The highest BCUT2D eigenvalue weighted by atomic mass is 16.2. The van der Waals surface area contributed by atoms with Crippen molar-refractivity contribution in [3.63, 3.8) is 0 Å². The minimum Gasteiger partial charge on any atom is -0.345 e. The van der Waals surface area contributed by atoms with Gasteiger partial charge in [-0.1, -0.05) is 19.1 Å². The normalized spacial score (nSPS) is 13.5. The number of amides is 1. The third-order valence-corrected chi connectivity index (χ3v) is 7.59. The molecule has 2 aromatic carbocycles.